The lowest BCUT2D eigenvalue weighted by Gasteiger charge is -2.31. The minimum atomic E-state index is -0.482. The number of rotatable bonds is 5. The van der Waals surface area contributed by atoms with E-state index in [2.05, 4.69) is 5.10 Å². The maximum absolute atomic E-state index is 9.84. The van der Waals surface area contributed by atoms with Crippen molar-refractivity contribution in [3.05, 3.63) is 16.4 Å². The van der Waals surface area contributed by atoms with Crippen LogP contribution in [0.1, 0.15) is 32.2 Å². The van der Waals surface area contributed by atoms with Gasteiger partial charge in [0.15, 0.2) is 0 Å². The Labute approximate surface area is 108 Å². The van der Waals surface area contributed by atoms with Crippen LogP contribution in [0, 0.1) is 12.3 Å². The molecule has 1 heterocycles. The average Bonchev–Trinajstić information content (AvgIpc) is 2.56. The molecule has 0 amide bonds. The van der Waals surface area contributed by atoms with Crippen LogP contribution in [-0.2, 0) is 13.0 Å². The van der Waals surface area contributed by atoms with Crippen molar-refractivity contribution in [1.29, 1.82) is 0 Å². The van der Waals surface area contributed by atoms with Gasteiger partial charge in [-0.1, -0.05) is 18.5 Å². The molecule has 5 heteroatoms. The van der Waals surface area contributed by atoms with E-state index in [9.17, 15) is 5.11 Å². The third-order valence-corrected chi connectivity index (χ3v) is 3.99. The Balaban J connectivity index is 3.09. The Bertz CT molecular complexity index is 389. The fourth-order valence-corrected chi connectivity index (χ4v) is 2.01. The highest BCUT2D eigenvalue weighted by atomic mass is 35.5. The van der Waals surface area contributed by atoms with Crippen molar-refractivity contribution >= 4 is 11.6 Å². The van der Waals surface area contributed by atoms with E-state index in [0.29, 0.717) is 18.0 Å². The van der Waals surface area contributed by atoms with Crippen LogP contribution in [0.4, 0.5) is 0 Å². The second kappa shape index (κ2) is 5.38. The van der Waals surface area contributed by atoms with Crippen LogP contribution in [0.5, 0.6) is 0 Å². The molecule has 1 aromatic rings. The number of nitrogens with zero attached hydrogens (tertiary/aromatic N) is 2. The molecule has 3 N–H and O–H groups in total. The predicted octanol–water partition coefficient (Wildman–Crippen LogP) is 1.75. The first-order valence-corrected chi connectivity index (χ1v) is 6.33. The van der Waals surface area contributed by atoms with Crippen molar-refractivity contribution < 1.29 is 5.11 Å². The summed E-state index contributed by atoms with van der Waals surface area (Å²) in [5, 5.41) is 14.9. The first-order valence-electron chi connectivity index (χ1n) is 5.95. The van der Waals surface area contributed by atoms with E-state index in [1.54, 1.807) is 6.92 Å². The number of aliphatic hydroxyl groups is 1. The van der Waals surface area contributed by atoms with Crippen molar-refractivity contribution in [2.24, 2.45) is 11.1 Å². The molecule has 17 heavy (non-hydrogen) atoms. The van der Waals surface area contributed by atoms with Crippen LogP contribution >= 0.6 is 11.6 Å². The van der Waals surface area contributed by atoms with E-state index in [1.807, 2.05) is 25.5 Å². The number of hydrogen-bond donors (Lipinski definition) is 2. The van der Waals surface area contributed by atoms with Gasteiger partial charge < -0.3 is 10.8 Å². The van der Waals surface area contributed by atoms with Gasteiger partial charge in [0.05, 0.1) is 22.5 Å². The lowest BCUT2D eigenvalue weighted by molar-refractivity contribution is 0.0574. The highest BCUT2D eigenvalue weighted by Gasteiger charge is 2.31. The molecule has 0 aliphatic carbocycles. The second-order valence-electron chi connectivity index (χ2n) is 4.87. The normalized spacial score (nSPS) is 16.9. The fraction of sp³-hybridized carbons (Fsp3) is 0.750. The van der Waals surface area contributed by atoms with Gasteiger partial charge in [-0.15, -0.1) is 0 Å². The second-order valence-corrected chi connectivity index (χ2v) is 5.25. The van der Waals surface area contributed by atoms with Gasteiger partial charge in [-0.05, 0) is 27.2 Å². The van der Waals surface area contributed by atoms with Crippen LogP contribution in [0.3, 0.4) is 0 Å². The molecular weight excluding hydrogens is 238 g/mol. The maximum atomic E-state index is 9.84. The zero-order chi connectivity index (χ0) is 13.2. The minimum Gasteiger partial charge on any atom is -0.393 e. The largest absolute Gasteiger partial charge is 0.393 e. The van der Waals surface area contributed by atoms with Gasteiger partial charge in [0.25, 0.3) is 0 Å². The molecule has 0 aliphatic heterocycles. The summed E-state index contributed by atoms with van der Waals surface area (Å²) in [5.74, 6) is 0. The lowest BCUT2D eigenvalue weighted by Crippen LogP contribution is -2.40. The van der Waals surface area contributed by atoms with Crippen LogP contribution < -0.4 is 5.73 Å². The Morgan fingerprint density at radius 2 is 2.18 bits per heavy atom. The van der Waals surface area contributed by atoms with Crippen LogP contribution in [0.2, 0.25) is 5.02 Å². The summed E-state index contributed by atoms with van der Waals surface area (Å²) in [7, 11) is 0. The molecule has 1 rings (SSSR count). The molecular formula is C12H22ClN3O. The van der Waals surface area contributed by atoms with E-state index in [1.165, 1.54) is 0 Å². The molecule has 0 aliphatic rings. The van der Waals surface area contributed by atoms with Crippen molar-refractivity contribution in [1.82, 2.24) is 9.78 Å². The van der Waals surface area contributed by atoms with Crippen LogP contribution in [-0.4, -0.2) is 27.5 Å². The molecule has 1 aromatic heterocycles. The van der Waals surface area contributed by atoms with Crippen molar-refractivity contribution in [3.63, 3.8) is 0 Å². The summed E-state index contributed by atoms with van der Waals surface area (Å²) < 4.78 is 1.88. The summed E-state index contributed by atoms with van der Waals surface area (Å²) >= 11 is 6.25. The molecule has 0 fully saturated rings. The van der Waals surface area contributed by atoms with Gasteiger partial charge in [-0.2, -0.15) is 5.10 Å². The first kappa shape index (κ1) is 14.5. The Hall–Kier alpha value is -0.580. The van der Waals surface area contributed by atoms with Crippen molar-refractivity contribution in [2.75, 3.05) is 6.54 Å². The number of aromatic nitrogens is 2. The monoisotopic (exact) mass is 259 g/mol. The molecule has 0 bridgehead atoms. The van der Waals surface area contributed by atoms with Gasteiger partial charge in [0, 0.05) is 18.5 Å². The standard InChI is InChI=1S/C12H22ClN3O/c1-5-16-10(11(13)8(2)15-16)6-12(4,7-14)9(3)17/h9,17H,5-7,14H2,1-4H3. The molecule has 0 radical (unpaired) electrons. The quantitative estimate of drug-likeness (QED) is 0.847. The highest BCUT2D eigenvalue weighted by molar-refractivity contribution is 6.31. The smallest absolute Gasteiger partial charge is 0.0847 e. The summed E-state index contributed by atoms with van der Waals surface area (Å²) in [6.45, 7) is 8.82. The summed E-state index contributed by atoms with van der Waals surface area (Å²) in [6, 6.07) is 0. The number of aliphatic hydroxyl groups excluding tert-OH is 1. The molecule has 0 saturated carbocycles. The zero-order valence-electron chi connectivity index (χ0n) is 11.0. The summed E-state index contributed by atoms with van der Waals surface area (Å²) in [4.78, 5) is 0. The van der Waals surface area contributed by atoms with Gasteiger partial charge in [0.1, 0.15) is 0 Å². The fourth-order valence-electron chi connectivity index (χ4n) is 1.81. The van der Waals surface area contributed by atoms with Crippen molar-refractivity contribution in [3.8, 4) is 0 Å². The minimum absolute atomic E-state index is 0.372. The molecule has 0 saturated heterocycles. The van der Waals surface area contributed by atoms with E-state index in [-0.39, 0.29) is 5.41 Å². The molecule has 98 valence electrons. The van der Waals surface area contributed by atoms with Gasteiger partial charge in [0.2, 0.25) is 0 Å². The van der Waals surface area contributed by atoms with Gasteiger partial charge in [-0.25, -0.2) is 0 Å². The van der Waals surface area contributed by atoms with Crippen LogP contribution in [0.25, 0.3) is 0 Å². The molecule has 4 nitrogen and oxygen atoms in total. The van der Waals surface area contributed by atoms with Crippen LogP contribution in [0.15, 0.2) is 0 Å². The predicted molar refractivity (Wildman–Crippen MR) is 70.2 cm³/mol. The number of aryl methyl sites for hydroxylation is 2. The lowest BCUT2D eigenvalue weighted by atomic mass is 9.80. The first-order chi connectivity index (χ1) is 7.85. The van der Waals surface area contributed by atoms with E-state index < -0.39 is 6.10 Å². The van der Waals surface area contributed by atoms with E-state index >= 15 is 0 Å². The number of nitrogens with two attached hydrogens (primary N) is 1. The molecule has 2 atom stereocenters. The zero-order valence-corrected chi connectivity index (χ0v) is 11.8. The molecule has 2 unspecified atom stereocenters. The maximum Gasteiger partial charge on any atom is 0.0847 e. The Morgan fingerprint density at radius 3 is 2.59 bits per heavy atom. The SMILES string of the molecule is CCn1nc(C)c(Cl)c1CC(C)(CN)C(C)O. The van der Waals surface area contributed by atoms with Gasteiger partial charge >= 0.3 is 0 Å². The average molecular weight is 260 g/mol. The molecule has 0 spiro atoms. The number of hydrogen-bond acceptors (Lipinski definition) is 3. The highest BCUT2D eigenvalue weighted by Crippen LogP contribution is 2.30. The summed E-state index contributed by atoms with van der Waals surface area (Å²) in [5.41, 5.74) is 7.19. The van der Waals surface area contributed by atoms with Crippen molar-refractivity contribution in [2.45, 2.75) is 46.8 Å². The molecule has 0 aromatic carbocycles. The number of halogens is 1. The van der Waals surface area contributed by atoms with E-state index in [0.717, 1.165) is 17.9 Å². The van der Waals surface area contributed by atoms with Gasteiger partial charge in [-0.3, -0.25) is 4.68 Å². The van der Waals surface area contributed by atoms with E-state index in [4.69, 9.17) is 17.3 Å². The third-order valence-electron chi connectivity index (χ3n) is 3.50. The third kappa shape index (κ3) is 2.81. The topological polar surface area (TPSA) is 64.1 Å². The Morgan fingerprint density at radius 1 is 1.59 bits per heavy atom. The Kier molecular flexibility index (Phi) is 4.58. The summed E-state index contributed by atoms with van der Waals surface area (Å²) in [6.07, 6.45) is 0.151.